The number of aromatic amines is 1. The predicted octanol–water partition coefficient (Wildman–Crippen LogP) is 1.40. The van der Waals surface area contributed by atoms with E-state index in [2.05, 4.69) is 4.98 Å². The molecule has 1 fully saturated rings. The van der Waals surface area contributed by atoms with Crippen molar-refractivity contribution in [3.8, 4) is 23.0 Å². The summed E-state index contributed by atoms with van der Waals surface area (Å²) in [5.74, 6) is -0.163. The number of H-pyrrole nitrogens is 1. The number of Topliss-reactive ketones (excluding diaryl/α,β-unsaturated/α-hetero) is 1. The number of ether oxygens (including phenoxy) is 4. The highest BCUT2D eigenvalue weighted by Gasteiger charge is 2.44. The largest absolute Gasteiger partial charge is 0.872 e. The number of hydrogen-bond acceptors (Lipinski definition) is 7. The van der Waals surface area contributed by atoms with Gasteiger partial charge in [0.25, 0.3) is 5.91 Å². The van der Waals surface area contributed by atoms with Crippen LogP contribution in [0.3, 0.4) is 0 Å². The second-order valence-corrected chi connectivity index (χ2v) is 8.65. The molecule has 0 spiro atoms. The monoisotopic (exact) mass is 505 g/mol. The van der Waals surface area contributed by atoms with Gasteiger partial charge in [0.2, 0.25) is 12.1 Å². The van der Waals surface area contributed by atoms with E-state index in [4.69, 9.17) is 18.9 Å². The summed E-state index contributed by atoms with van der Waals surface area (Å²) in [6.07, 6.45) is 6.07. The quantitative estimate of drug-likeness (QED) is 0.213. The average Bonchev–Trinajstić information content (AvgIpc) is 3.54. The topological polar surface area (TPSA) is 117 Å². The van der Waals surface area contributed by atoms with E-state index in [9.17, 15) is 14.7 Å². The molecule has 2 aliphatic rings. The zero-order chi connectivity index (χ0) is 25.9. The Morgan fingerprint density at radius 1 is 1.08 bits per heavy atom. The minimum Gasteiger partial charge on any atom is -0.872 e. The smallest absolute Gasteiger partial charge is 0.295 e. The summed E-state index contributed by atoms with van der Waals surface area (Å²) in [5, 5.41) is 13.8. The number of rotatable bonds is 8. The third-order valence-electron chi connectivity index (χ3n) is 6.48. The maximum Gasteiger partial charge on any atom is 0.295 e. The molecule has 5 rings (SSSR count). The Bertz CT molecular complexity index is 1350. The SMILES string of the molecule is COc1ccc(C2/C(=C(\[O-])c3ccc4c(c3)OCCO4)C(=O)C(=O)N2CCC[n+]2cc[nH]c2)cc1OC. The number of ketones is 1. The first kappa shape index (κ1) is 24.2. The van der Waals surface area contributed by atoms with Gasteiger partial charge in [0.05, 0.1) is 26.8 Å². The number of imidazole rings is 1. The number of aryl methyl sites for hydroxylation is 1. The first-order valence-corrected chi connectivity index (χ1v) is 11.9. The van der Waals surface area contributed by atoms with Gasteiger partial charge in [0, 0.05) is 18.5 Å². The van der Waals surface area contributed by atoms with Gasteiger partial charge in [-0.2, -0.15) is 0 Å². The maximum atomic E-state index is 13.8. The molecule has 0 saturated carbocycles. The minimum absolute atomic E-state index is 0.108. The van der Waals surface area contributed by atoms with Crippen molar-refractivity contribution in [2.24, 2.45) is 0 Å². The lowest BCUT2D eigenvalue weighted by Crippen LogP contribution is -2.36. The number of methoxy groups -OCH3 is 2. The molecule has 0 bridgehead atoms. The number of nitrogens with one attached hydrogen (secondary N) is 1. The predicted molar refractivity (Wildman–Crippen MR) is 129 cm³/mol. The van der Waals surface area contributed by atoms with Crippen LogP contribution in [-0.4, -0.2) is 55.6 Å². The summed E-state index contributed by atoms with van der Waals surface area (Å²) in [7, 11) is 3.03. The number of likely N-dealkylation sites (tertiary alicyclic amines) is 1. The Morgan fingerprint density at radius 3 is 2.59 bits per heavy atom. The Labute approximate surface area is 213 Å². The van der Waals surface area contributed by atoms with Crippen molar-refractivity contribution >= 4 is 17.4 Å². The molecule has 3 heterocycles. The van der Waals surface area contributed by atoms with Crippen LogP contribution in [0.15, 0.2) is 60.7 Å². The Morgan fingerprint density at radius 2 is 1.86 bits per heavy atom. The lowest BCUT2D eigenvalue weighted by molar-refractivity contribution is -0.695. The molecule has 1 aromatic heterocycles. The Balaban J connectivity index is 1.57. The number of aromatic nitrogens is 2. The summed E-state index contributed by atoms with van der Waals surface area (Å²) in [4.78, 5) is 31.0. The molecule has 1 amide bonds. The van der Waals surface area contributed by atoms with E-state index < -0.39 is 23.5 Å². The van der Waals surface area contributed by atoms with Crippen LogP contribution in [0.25, 0.3) is 5.76 Å². The van der Waals surface area contributed by atoms with Gasteiger partial charge in [-0.05, 0) is 35.4 Å². The van der Waals surface area contributed by atoms with Crippen molar-refractivity contribution < 1.29 is 38.2 Å². The molecule has 1 atom stereocenters. The van der Waals surface area contributed by atoms with Crippen molar-refractivity contribution in [1.29, 1.82) is 0 Å². The van der Waals surface area contributed by atoms with Gasteiger partial charge in [-0.3, -0.25) is 14.6 Å². The van der Waals surface area contributed by atoms with Gasteiger partial charge in [0.15, 0.2) is 23.0 Å². The fourth-order valence-corrected chi connectivity index (χ4v) is 4.69. The molecule has 2 aromatic carbocycles. The average molecular weight is 506 g/mol. The van der Waals surface area contributed by atoms with Crippen LogP contribution in [0.5, 0.6) is 23.0 Å². The third-order valence-corrected chi connectivity index (χ3v) is 6.48. The van der Waals surface area contributed by atoms with Gasteiger partial charge in [-0.15, -0.1) is 0 Å². The van der Waals surface area contributed by atoms with Crippen molar-refractivity contribution in [1.82, 2.24) is 9.88 Å². The fourth-order valence-electron chi connectivity index (χ4n) is 4.69. The summed E-state index contributed by atoms with van der Waals surface area (Å²) in [6.45, 7) is 1.69. The molecular weight excluding hydrogens is 478 g/mol. The molecule has 2 aliphatic heterocycles. The zero-order valence-electron chi connectivity index (χ0n) is 20.6. The van der Waals surface area contributed by atoms with Crippen molar-refractivity contribution in [3.63, 3.8) is 0 Å². The standard InChI is InChI=1S/C27H27N3O7/c1-34-19-6-4-17(14-21(19)35-2)24-23(25(31)18-5-7-20-22(15-18)37-13-12-36-20)26(32)27(33)30(24)10-3-9-29-11-8-28-16-29/h4-8,11,14-16,24H,3,9-10,12-13H2,1-2H3,(H,31,32). The summed E-state index contributed by atoms with van der Waals surface area (Å²) in [5.41, 5.74) is 0.714. The van der Waals surface area contributed by atoms with E-state index in [0.29, 0.717) is 54.7 Å². The molecule has 10 heteroatoms. The fraction of sp³-hybridized carbons (Fsp3) is 0.296. The van der Waals surface area contributed by atoms with Crippen LogP contribution >= 0.6 is 0 Å². The molecule has 37 heavy (non-hydrogen) atoms. The van der Waals surface area contributed by atoms with E-state index in [1.807, 2.05) is 17.1 Å². The van der Waals surface area contributed by atoms with E-state index in [-0.39, 0.29) is 17.7 Å². The number of benzene rings is 2. The summed E-state index contributed by atoms with van der Waals surface area (Å²) in [6, 6.07) is 9.03. The van der Waals surface area contributed by atoms with Gasteiger partial charge in [-0.25, -0.2) is 4.57 Å². The molecule has 10 nitrogen and oxygen atoms in total. The van der Waals surface area contributed by atoms with Gasteiger partial charge in [0.1, 0.15) is 25.6 Å². The summed E-state index contributed by atoms with van der Waals surface area (Å²) < 4.78 is 23.9. The van der Waals surface area contributed by atoms with E-state index in [1.165, 1.54) is 19.1 Å². The van der Waals surface area contributed by atoms with Crippen molar-refractivity contribution in [2.75, 3.05) is 34.0 Å². The Hall–Kier alpha value is -4.47. The first-order valence-electron chi connectivity index (χ1n) is 11.9. The second-order valence-electron chi connectivity index (χ2n) is 8.65. The van der Waals surface area contributed by atoms with E-state index in [1.54, 1.807) is 42.6 Å². The van der Waals surface area contributed by atoms with Crippen LogP contribution in [0.1, 0.15) is 23.6 Å². The number of hydrogen-bond donors (Lipinski definition) is 1. The van der Waals surface area contributed by atoms with Gasteiger partial charge in [-0.1, -0.05) is 17.9 Å². The maximum absolute atomic E-state index is 13.8. The highest BCUT2D eigenvalue weighted by molar-refractivity contribution is 6.46. The normalized spacial score (nSPS) is 18.2. The van der Waals surface area contributed by atoms with Crippen molar-refractivity contribution in [2.45, 2.75) is 19.0 Å². The van der Waals surface area contributed by atoms with Gasteiger partial charge >= 0.3 is 0 Å². The third kappa shape index (κ3) is 4.57. The van der Waals surface area contributed by atoms with Crippen LogP contribution in [-0.2, 0) is 16.1 Å². The molecule has 0 aliphatic carbocycles. The van der Waals surface area contributed by atoms with Crippen molar-refractivity contribution in [3.05, 3.63) is 71.8 Å². The molecular formula is C27H27N3O7. The van der Waals surface area contributed by atoms with E-state index in [0.717, 1.165) is 0 Å². The lowest BCUT2D eigenvalue weighted by Gasteiger charge is -2.28. The number of nitrogens with zero attached hydrogens (tertiary/aromatic N) is 2. The number of carbonyl (C=O) groups excluding carboxylic acids is 2. The molecule has 1 saturated heterocycles. The number of fused-ring (bicyclic) bond motifs is 1. The molecule has 0 radical (unpaired) electrons. The van der Waals surface area contributed by atoms with Gasteiger partial charge < -0.3 is 29.0 Å². The molecule has 3 aromatic rings. The Kier molecular flexibility index (Phi) is 6.72. The first-order chi connectivity index (χ1) is 18.0. The highest BCUT2D eigenvalue weighted by Crippen LogP contribution is 2.42. The van der Waals surface area contributed by atoms with E-state index >= 15 is 0 Å². The zero-order valence-corrected chi connectivity index (χ0v) is 20.6. The second kappa shape index (κ2) is 10.3. The van der Waals surface area contributed by atoms with Crippen LogP contribution in [0.2, 0.25) is 0 Å². The molecule has 1 N–H and O–H groups in total. The van der Waals surface area contributed by atoms with Crippen LogP contribution < -0.4 is 28.6 Å². The van der Waals surface area contributed by atoms with Crippen LogP contribution in [0, 0.1) is 0 Å². The minimum atomic E-state index is -0.878. The summed E-state index contributed by atoms with van der Waals surface area (Å²) >= 11 is 0. The molecule has 1 unspecified atom stereocenters. The number of carbonyl (C=O) groups is 2. The van der Waals surface area contributed by atoms with Crippen LogP contribution in [0.4, 0.5) is 0 Å². The number of amides is 1. The lowest BCUT2D eigenvalue weighted by atomic mass is 9.94. The highest BCUT2D eigenvalue weighted by atomic mass is 16.6. The molecule has 192 valence electrons.